The summed E-state index contributed by atoms with van der Waals surface area (Å²) < 4.78 is 0. The Morgan fingerprint density at radius 1 is 1.41 bits per heavy atom. The number of benzene rings is 1. The van der Waals surface area contributed by atoms with Gasteiger partial charge in [0.15, 0.2) is 0 Å². The molecular weight excluding hydrogens is 291 g/mol. The first-order chi connectivity index (χ1) is 7.18. The van der Waals surface area contributed by atoms with Gasteiger partial charge >= 0.3 is 5.97 Å². The van der Waals surface area contributed by atoms with E-state index in [-0.39, 0.29) is 52.5 Å². The first-order valence-corrected chi connectivity index (χ1v) is 4.96. The molecule has 4 heteroatoms. The molecule has 0 saturated heterocycles. The van der Waals surface area contributed by atoms with Gasteiger partial charge in [0.2, 0.25) is 0 Å². The van der Waals surface area contributed by atoms with Crippen molar-refractivity contribution in [3.8, 4) is 0 Å². The number of para-hydroxylation sites is 1. The van der Waals surface area contributed by atoms with Crippen molar-refractivity contribution in [2.75, 3.05) is 0 Å². The normalized spacial score (nSPS) is 11.4. The third kappa shape index (κ3) is 3.65. The molecule has 2 rings (SSSR count). The summed E-state index contributed by atoms with van der Waals surface area (Å²) in [4.78, 5) is 13.8. The zero-order chi connectivity index (χ0) is 10.8. The maximum absolute atomic E-state index is 10.6. The molecule has 3 nitrogen and oxygen atoms in total. The smallest absolute Gasteiger partial charge is 0.303 e. The van der Waals surface area contributed by atoms with Gasteiger partial charge in [-0.1, -0.05) is 25.1 Å². The van der Waals surface area contributed by atoms with Crippen molar-refractivity contribution in [1.29, 1.82) is 0 Å². The number of carboxylic acids is 1. The standard InChI is InChI=1S/C12H13NO2.CH3.Y/c1-8(6-12(14)15)10-7-13-11-5-3-2-4-9(10)11;;/h2-5,7-8,13H,6H2,1H3,(H,14,15);1H3;/q;-1;. The number of H-pyrrole nitrogens is 1. The van der Waals surface area contributed by atoms with E-state index < -0.39 is 5.97 Å². The van der Waals surface area contributed by atoms with Crippen LogP contribution in [0, 0.1) is 7.43 Å². The number of aliphatic carboxylic acids is 1. The number of hydrogen-bond acceptors (Lipinski definition) is 1. The Hall–Kier alpha value is -0.666. The van der Waals surface area contributed by atoms with E-state index in [9.17, 15) is 4.79 Å². The van der Waals surface area contributed by atoms with Crippen LogP contribution in [0.2, 0.25) is 0 Å². The van der Waals surface area contributed by atoms with Crippen LogP contribution in [0.25, 0.3) is 10.9 Å². The topological polar surface area (TPSA) is 53.1 Å². The fourth-order valence-corrected chi connectivity index (χ4v) is 1.87. The third-order valence-electron chi connectivity index (χ3n) is 2.63. The van der Waals surface area contributed by atoms with Crippen molar-refractivity contribution in [2.24, 2.45) is 0 Å². The van der Waals surface area contributed by atoms with E-state index in [1.165, 1.54) is 0 Å². The second kappa shape index (κ2) is 6.92. The van der Waals surface area contributed by atoms with Gasteiger partial charge in [-0.3, -0.25) is 4.79 Å². The Labute approximate surface area is 126 Å². The molecule has 0 saturated carbocycles. The number of aromatic nitrogens is 1. The fourth-order valence-electron chi connectivity index (χ4n) is 1.87. The monoisotopic (exact) mass is 307 g/mol. The molecule has 0 bridgehead atoms. The molecule has 1 aromatic carbocycles. The van der Waals surface area contributed by atoms with E-state index in [1.54, 1.807) is 0 Å². The van der Waals surface area contributed by atoms with Crippen molar-refractivity contribution >= 4 is 16.9 Å². The van der Waals surface area contributed by atoms with Gasteiger partial charge < -0.3 is 17.5 Å². The van der Waals surface area contributed by atoms with Crippen LogP contribution in [0.15, 0.2) is 30.5 Å². The number of rotatable bonds is 3. The summed E-state index contributed by atoms with van der Waals surface area (Å²) in [5, 5.41) is 9.86. The van der Waals surface area contributed by atoms with Crippen LogP contribution in [0.4, 0.5) is 0 Å². The number of aromatic amines is 1. The van der Waals surface area contributed by atoms with Crippen molar-refractivity contribution in [3.05, 3.63) is 43.5 Å². The average molecular weight is 307 g/mol. The van der Waals surface area contributed by atoms with E-state index in [2.05, 4.69) is 4.98 Å². The van der Waals surface area contributed by atoms with Crippen molar-refractivity contribution in [1.82, 2.24) is 4.98 Å². The molecule has 2 aromatic rings. The average Bonchev–Trinajstić information content (AvgIpc) is 2.59. The minimum atomic E-state index is -0.757. The molecule has 17 heavy (non-hydrogen) atoms. The van der Waals surface area contributed by atoms with Gasteiger partial charge in [-0.2, -0.15) is 0 Å². The molecule has 0 aliphatic carbocycles. The van der Waals surface area contributed by atoms with E-state index >= 15 is 0 Å². The summed E-state index contributed by atoms with van der Waals surface area (Å²) in [6.07, 6.45) is 2.07. The van der Waals surface area contributed by atoms with Crippen LogP contribution in [-0.2, 0) is 37.5 Å². The van der Waals surface area contributed by atoms with Gasteiger partial charge in [0.1, 0.15) is 0 Å². The van der Waals surface area contributed by atoms with Gasteiger partial charge in [0.25, 0.3) is 0 Å². The fraction of sp³-hybridized carbons (Fsp3) is 0.231. The van der Waals surface area contributed by atoms with Crippen LogP contribution in [-0.4, -0.2) is 16.1 Å². The Kier molecular flexibility index (Phi) is 6.65. The second-order valence-corrected chi connectivity index (χ2v) is 3.79. The Balaban J connectivity index is 0.00000128. The Morgan fingerprint density at radius 3 is 2.71 bits per heavy atom. The summed E-state index contributed by atoms with van der Waals surface area (Å²) >= 11 is 0. The number of nitrogens with one attached hydrogen (secondary N) is 1. The van der Waals surface area contributed by atoms with E-state index in [4.69, 9.17) is 5.11 Å². The molecule has 0 aliphatic heterocycles. The van der Waals surface area contributed by atoms with E-state index in [0.717, 1.165) is 16.5 Å². The molecular formula is C13H16NO2Y-. The largest absolute Gasteiger partial charge is 0.481 e. The maximum Gasteiger partial charge on any atom is 0.303 e. The minimum absolute atomic E-state index is 0. The Bertz CT molecular complexity index is 493. The van der Waals surface area contributed by atoms with E-state index in [0.29, 0.717) is 0 Å². The molecule has 89 valence electrons. The number of carbonyl (C=O) groups is 1. The SMILES string of the molecule is CC(CC(=O)O)c1c[nH]c2ccccc12.[CH3-].[Y]. The van der Waals surface area contributed by atoms with Gasteiger partial charge in [0, 0.05) is 49.8 Å². The molecule has 2 N–H and O–H groups in total. The zero-order valence-electron chi connectivity index (χ0n) is 10.1. The summed E-state index contributed by atoms with van der Waals surface area (Å²) in [6.45, 7) is 1.93. The summed E-state index contributed by atoms with van der Waals surface area (Å²) in [5.74, 6) is -0.716. The quantitative estimate of drug-likeness (QED) is 0.856. The molecule has 0 spiro atoms. The first kappa shape index (κ1) is 16.3. The Morgan fingerprint density at radius 2 is 2.06 bits per heavy atom. The number of hydrogen-bond donors (Lipinski definition) is 2. The van der Waals surface area contributed by atoms with Gasteiger partial charge in [0.05, 0.1) is 6.42 Å². The van der Waals surface area contributed by atoms with Crippen LogP contribution >= 0.6 is 0 Å². The zero-order valence-corrected chi connectivity index (χ0v) is 12.9. The first-order valence-electron chi connectivity index (χ1n) is 4.96. The van der Waals surface area contributed by atoms with Crippen molar-refractivity contribution in [3.63, 3.8) is 0 Å². The predicted octanol–water partition coefficient (Wildman–Crippen LogP) is 3.19. The molecule has 1 atom stereocenters. The molecule has 0 fully saturated rings. The summed E-state index contributed by atoms with van der Waals surface area (Å²) in [5.41, 5.74) is 2.14. The third-order valence-corrected chi connectivity index (χ3v) is 2.63. The van der Waals surface area contributed by atoms with Crippen LogP contribution in [0.5, 0.6) is 0 Å². The minimum Gasteiger partial charge on any atom is -0.481 e. The predicted molar refractivity (Wildman–Crippen MR) is 65.4 cm³/mol. The second-order valence-electron chi connectivity index (χ2n) is 3.79. The van der Waals surface area contributed by atoms with E-state index in [1.807, 2.05) is 37.4 Å². The molecule has 1 unspecified atom stereocenters. The van der Waals surface area contributed by atoms with Gasteiger partial charge in [-0.05, 0) is 17.5 Å². The molecule has 0 amide bonds. The number of carboxylic acid groups (broad SMARTS) is 1. The summed E-state index contributed by atoms with van der Waals surface area (Å²) in [6, 6.07) is 7.93. The summed E-state index contributed by atoms with van der Waals surface area (Å²) in [7, 11) is 0. The molecule has 1 aromatic heterocycles. The maximum atomic E-state index is 10.6. The number of fused-ring (bicyclic) bond motifs is 1. The van der Waals surface area contributed by atoms with Crippen LogP contribution < -0.4 is 0 Å². The molecule has 0 aliphatic rings. The molecule has 1 heterocycles. The van der Waals surface area contributed by atoms with Crippen LogP contribution in [0.3, 0.4) is 0 Å². The van der Waals surface area contributed by atoms with Crippen molar-refractivity contribution in [2.45, 2.75) is 19.3 Å². The van der Waals surface area contributed by atoms with Gasteiger partial charge in [-0.15, -0.1) is 0 Å². The molecule has 1 radical (unpaired) electrons. The van der Waals surface area contributed by atoms with Crippen molar-refractivity contribution < 1.29 is 42.6 Å². The van der Waals surface area contributed by atoms with Gasteiger partial charge in [-0.25, -0.2) is 0 Å². The van der Waals surface area contributed by atoms with Crippen LogP contribution in [0.1, 0.15) is 24.8 Å².